The highest BCUT2D eigenvalue weighted by molar-refractivity contribution is 6.42. The van der Waals surface area contributed by atoms with Crippen LogP contribution < -0.4 is 5.73 Å². The van der Waals surface area contributed by atoms with Crippen LogP contribution in [0.15, 0.2) is 48.5 Å². The SMILES string of the molecule is CC(Cc1ccccc1)(C(N)=O)c1ccc(Cl)c(Cl)c1. The Kier molecular flexibility index (Phi) is 4.36. The molecule has 4 heteroatoms. The van der Waals surface area contributed by atoms with E-state index in [1.807, 2.05) is 37.3 Å². The van der Waals surface area contributed by atoms with Crippen molar-refractivity contribution in [1.29, 1.82) is 0 Å². The third-order valence-corrected chi connectivity index (χ3v) is 4.24. The Balaban J connectivity index is 2.43. The highest BCUT2D eigenvalue weighted by Crippen LogP contribution is 2.32. The van der Waals surface area contributed by atoms with Gasteiger partial charge in [-0.15, -0.1) is 0 Å². The topological polar surface area (TPSA) is 43.1 Å². The maximum Gasteiger partial charge on any atom is 0.228 e. The summed E-state index contributed by atoms with van der Waals surface area (Å²) in [6.07, 6.45) is 0.515. The van der Waals surface area contributed by atoms with Crippen LogP contribution in [0.4, 0.5) is 0 Å². The van der Waals surface area contributed by atoms with Crippen LogP contribution in [0.25, 0.3) is 0 Å². The Bertz CT molecular complexity index is 628. The minimum atomic E-state index is -0.824. The summed E-state index contributed by atoms with van der Waals surface area (Å²) in [5.74, 6) is -0.389. The summed E-state index contributed by atoms with van der Waals surface area (Å²) >= 11 is 12.0. The van der Waals surface area contributed by atoms with Gasteiger partial charge in [0.2, 0.25) is 5.91 Å². The van der Waals surface area contributed by atoms with Gasteiger partial charge in [-0.2, -0.15) is 0 Å². The molecule has 0 radical (unpaired) electrons. The van der Waals surface area contributed by atoms with Crippen molar-refractivity contribution in [3.63, 3.8) is 0 Å². The van der Waals surface area contributed by atoms with Crippen molar-refractivity contribution in [1.82, 2.24) is 0 Å². The number of hydrogen-bond acceptors (Lipinski definition) is 1. The molecule has 0 aliphatic carbocycles. The Morgan fingerprint density at radius 3 is 2.30 bits per heavy atom. The predicted octanol–water partition coefficient (Wildman–Crippen LogP) is 3.98. The molecule has 0 aliphatic heterocycles. The third kappa shape index (κ3) is 2.97. The van der Waals surface area contributed by atoms with Crippen molar-refractivity contribution in [2.75, 3.05) is 0 Å². The number of carbonyl (C=O) groups is 1. The second-order valence-electron chi connectivity index (χ2n) is 4.99. The van der Waals surface area contributed by atoms with Crippen LogP contribution >= 0.6 is 23.2 Å². The smallest absolute Gasteiger partial charge is 0.228 e. The average molecular weight is 308 g/mol. The highest BCUT2D eigenvalue weighted by Gasteiger charge is 2.33. The second kappa shape index (κ2) is 5.86. The minimum absolute atomic E-state index is 0.389. The summed E-state index contributed by atoms with van der Waals surface area (Å²) in [5, 5.41) is 0.881. The number of amides is 1. The molecule has 104 valence electrons. The predicted molar refractivity (Wildman–Crippen MR) is 83.2 cm³/mol. The highest BCUT2D eigenvalue weighted by atomic mass is 35.5. The number of nitrogens with two attached hydrogens (primary N) is 1. The number of rotatable bonds is 4. The molecule has 0 aromatic heterocycles. The standard InChI is InChI=1S/C16H15Cl2NO/c1-16(15(19)20,10-11-5-3-2-4-6-11)12-7-8-13(17)14(18)9-12/h2-9H,10H2,1H3,(H2,19,20). The van der Waals surface area contributed by atoms with Gasteiger partial charge in [-0.1, -0.05) is 59.6 Å². The Morgan fingerprint density at radius 1 is 1.10 bits per heavy atom. The second-order valence-corrected chi connectivity index (χ2v) is 5.80. The number of halogens is 2. The van der Waals surface area contributed by atoms with E-state index in [-0.39, 0.29) is 5.91 Å². The zero-order valence-corrected chi connectivity index (χ0v) is 12.6. The van der Waals surface area contributed by atoms with Crippen molar-refractivity contribution in [2.45, 2.75) is 18.8 Å². The van der Waals surface area contributed by atoms with Crippen LogP contribution in [0.2, 0.25) is 10.0 Å². The van der Waals surface area contributed by atoms with Crippen LogP contribution in [-0.4, -0.2) is 5.91 Å². The van der Waals surface area contributed by atoms with Gasteiger partial charge in [-0.25, -0.2) is 0 Å². The lowest BCUT2D eigenvalue weighted by molar-refractivity contribution is -0.123. The summed E-state index contributed by atoms with van der Waals surface area (Å²) in [4.78, 5) is 12.0. The molecule has 0 aliphatic rings. The van der Waals surface area contributed by atoms with Crippen LogP contribution in [-0.2, 0) is 16.6 Å². The molecular formula is C16H15Cl2NO. The molecule has 0 fully saturated rings. The van der Waals surface area contributed by atoms with E-state index in [1.54, 1.807) is 18.2 Å². The van der Waals surface area contributed by atoms with E-state index < -0.39 is 5.41 Å². The zero-order valence-electron chi connectivity index (χ0n) is 11.1. The zero-order chi connectivity index (χ0) is 14.8. The maximum absolute atomic E-state index is 12.0. The minimum Gasteiger partial charge on any atom is -0.369 e. The summed E-state index contributed by atoms with van der Waals surface area (Å²) in [6, 6.07) is 14.9. The molecule has 2 N–H and O–H groups in total. The fourth-order valence-corrected chi connectivity index (χ4v) is 2.47. The van der Waals surface area contributed by atoms with Crippen molar-refractivity contribution in [3.05, 3.63) is 69.7 Å². The Morgan fingerprint density at radius 2 is 1.75 bits per heavy atom. The van der Waals surface area contributed by atoms with Crippen molar-refractivity contribution >= 4 is 29.1 Å². The van der Waals surface area contributed by atoms with Gasteiger partial charge in [0.05, 0.1) is 15.5 Å². The molecule has 1 amide bonds. The van der Waals surface area contributed by atoms with Crippen molar-refractivity contribution in [3.8, 4) is 0 Å². The molecule has 0 saturated heterocycles. The molecule has 1 unspecified atom stereocenters. The fourth-order valence-electron chi connectivity index (χ4n) is 2.17. The van der Waals surface area contributed by atoms with E-state index in [0.717, 1.165) is 11.1 Å². The van der Waals surface area contributed by atoms with E-state index in [4.69, 9.17) is 28.9 Å². The fraction of sp³-hybridized carbons (Fsp3) is 0.188. The molecule has 0 heterocycles. The lowest BCUT2D eigenvalue weighted by Crippen LogP contribution is -2.40. The molecule has 20 heavy (non-hydrogen) atoms. The third-order valence-electron chi connectivity index (χ3n) is 3.50. The van der Waals surface area contributed by atoms with Gasteiger partial charge in [-0.05, 0) is 36.6 Å². The van der Waals surface area contributed by atoms with E-state index in [2.05, 4.69) is 0 Å². The van der Waals surface area contributed by atoms with E-state index >= 15 is 0 Å². The first-order valence-electron chi connectivity index (χ1n) is 6.23. The van der Waals surface area contributed by atoms with Crippen LogP contribution in [0.1, 0.15) is 18.1 Å². The molecule has 0 bridgehead atoms. The van der Waals surface area contributed by atoms with Gasteiger partial charge < -0.3 is 5.73 Å². The number of primary amides is 1. The quantitative estimate of drug-likeness (QED) is 0.912. The number of benzene rings is 2. The van der Waals surface area contributed by atoms with Gasteiger partial charge >= 0.3 is 0 Å². The first kappa shape index (κ1) is 14.9. The van der Waals surface area contributed by atoms with Crippen LogP contribution in [0.5, 0.6) is 0 Å². The molecular weight excluding hydrogens is 293 g/mol. The lowest BCUT2D eigenvalue weighted by atomic mass is 9.76. The first-order chi connectivity index (χ1) is 9.43. The normalized spacial score (nSPS) is 13.8. The summed E-state index contributed by atoms with van der Waals surface area (Å²) in [5.41, 5.74) is 6.61. The molecule has 0 saturated carbocycles. The van der Waals surface area contributed by atoms with Gasteiger partial charge in [0.15, 0.2) is 0 Å². The van der Waals surface area contributed by atoms with Crippen molar-refractivity contribution in [2.24, 2.45) is 5.73 Å². The van der Waals surface area contributed by atoms with E-state index in [1.165, 1.54) is 0 Å². The number of hydrogen-bond donors (Lipinski definition) is 1. The van der Waals surface area contributed by atoms with Gasteiger partial charge in [0.25, 0.3) is 0 Å². The molecule has 2 aromatic carbocycles. The van der Waals surface area contributed by atoms with Gasteiger partial charge in [-0.3, -0.25) is 4.79 Å². The number of carbonyl (C=O) groups excluding carboxylic acids is 1. The van der Waals surface area contributed by atoms with E-state index in [0.29, 0.717) is 16.5 Å². The summed E-state index contributed by atoms with van der Waals surface area (Å²) < 4.78 is 0. The molecule has 2 nitrogen and oxygen atoms in total. The monoisotopic (exact) mass is 307 g/mol. The summed E-state index contributed by atoms with van der Waals surface area (Å²) in [6.45, 7) is 1.82. The molecule has 1 atom stereocenters. The van der Waals surface area contributed by atoms with Crippen LogP contribution in [0, 0.1) is 0 Å². The van der Waals surface area contributed by atoms with Gasteiger partial charge in [0.1, 0.15) is 0 Å². The molecule has 0 spiro atoms. The largest absolute Gasteiger partial charge is 0.369 e. The summed E-state index contributed by atoms with van der Waals surface area (Å²) in [7, 11) is 0. The molecule has 2 rings (SSSR count). The average Bonchev–Trinajstić information content (AvgIpc) is 2.42. The first-order valence-corrected chi connectivity index (χ1v) is 6.98. The Labute approximate surface area is 128 Å². The molecule has 2 aromatic rings. The maximum atomic E-state index is 12.0. The Hall–Kier alpha value is -1.51. The van der Waals surface area contributed by atoms with E-state index in [9.17, 15) is 4.79 Å². The van der Waals surface area contributed by atoms with Gasteiger partial charge in [0, 0.05) is 0 Å². The van der Waals surface area contributed by atoms with Crippen LogP contribution in [0.3, 0.4) is 0 Å². The lowest BCUT2D eigenvalue weighted by Gasteiger charge is -2.27. The van der Waals surface area contributed by atoms with Crippen molar-refractivity contribution < 1.29 is 4.79 Å².